The summed E-state index contributed by atoms with van der Waals surface area (Å²) in [7, 11) is -4.03. The standard InChI is InChI=1S/C16H22Cl2N2O3S/c1-9(2)14(16(21)19-10(3)11-7-8-11)20-24(22,23)15-12(17)5-4-6-13(15)18/h4-6,9-11,14,20H,7-8H2,1-3H3,(H,19,21). The smallest absolute Gasteiger partial charge is 0.244 e. The third-order valence-corrected chi connectivity index (χ3v) is 6.51. The maximum Gasteiger partial charge on any atom is 0.244 e. The van der Waals surface area contributed by atoms with Crippen molar-refractivity contribution >= 4 is 39.1 Å². The monoisotopic (exact) mass is 392 g/mol. The van der Waals surface area contributed by atoms with Gasteiger partial charge in [0.15, 0.2) is 0 Å². The summed E-state index contributed by atoms with van der Waals surface area (Å²) >= 11 is 12.0. The van der Waals surface area contributed by atoms with Gasteiger partial charge >= 0.3 is 0 Å². The second-order valence-corrected chi connectivity index (χ2v) is 8.99. The first-order valence-corrected chi connectivity index (χ1v) is 10.1. The SMILES string of the molecule is CC(C)C(NS(=O)(=O)c1c(Cl)cccc1Cl)C(=O)NC(C)C1CC1. The summed E-state index contributed by atoms with van der Waals surface area (Å²) in [5.41, 5.74) is 0. The predicted octanol–water partition coefficient (Wildman–Crippen LogP) is 3.21. The Balaban J connectivity index is 2.21. The molecule has 24 heavy (non-hydrogen) atoms. The van der Waals surface area contributed by atoms with Gasteiger partial charge in [0.2, 0.25) is 15.9 Å². The minimum Gasteiger partial charge on any atom is -0.352 e. The van der Waals surface area contributed by atoms with Crippen molar-refractivity contribution in [3.8, 4) is 0 Å². The minimum absolute atomic E-state index is 0.0178. The zero-order valence-corrected chi connectivity index (χ0v) is 16.2. The Kier molecular flexibility index (Phi) is 6.18. The highest BCUT2D eigenvalue weighted by Crippen LogP contribution is 2.32. The summed E-state index contributed by atoms with van der Waals surface area (Å²) in [4.78, 5) is 12.3. The van der Waals surface area contributed by atoms with E-state index in [4.69, 9.17) is 23.2 Å². The quantitative estimate of drug-likeness (QED) is 0.747. The molecule has 2 N–H and O–H groups in total. The number of nitrogens with one attached hydrogen (secondary N) is 2. The van der Waals surface area contributed by atoms with Crippen molar-refractivity contribution in [2.24, 2.45) is 11.8 Å². The number of carbonyl (C=O) groups is 1. The van der Waals surface area contributed by atoms with E-state index in [1.54, 1.807) is 19.9 Å². The second kappa shape index (κ2) is 7.60. The van der Waals surface area contributed by atoms with Crippen LogP contribution in [-0.4, -0.2) is 26.4 Å². The average molecular weight is 393 g/mol. The number of hydrogen-bond acceptors (Lipinski definition) is 3. The highest BCUT2D eigenvalue weighted by atomic mass is 35.5. The van der Waals surface area contributed by atoms with Gasteiger partial charge in [0.05, 0.1) is 10.0 Å². The van der Waals surface area contributed by atoms with Crippen LogP contribution in [0.4, 0.5) is 0 Å². The number of rotatable bonds is 7. The average Bonchev–Trinajstić information content (AvgIpc) is 3.28. The van der Waals surface area contributed by atoms with Gasteiger partial charge in [0, 0.05) is 6.04 Å². The van der Waals surface area contributed by atoms with Crippen molar-refractivity contribution in [3.05, 3.63) is 28.2 Å². The number of sulfonamides is 1. The molecule has 0 saturated heterocycles. The summed E-state index contributed by atoms with van der Waals surface area (Å²) in [6.45, 7) is 5.50. The highest BCUT2D eigenvalue weighted by Gasteiger charge is 2.34. The van der Waals surface area contributed by atoms with E-state index in [1.807, 2.05) is 6.92 Å². The highest BCUT2D eigenvalue weighted by molar-refractivity contribution is 7.89. The van der Waals surface area contributed by atoms with Gasteiger partial charge in [-0.3, -0.25) is 4.79 Å². The van der Waals surface area contributed by atoms with E-state index in [-0.39, 0.29) is 32.8 Å². The van der Waals surface area contributed by atoms with Gasteiger partial charge in [0.1, 0.15) is 10.9 Å². The lowest BCUT2D eigenvalue weighted by atomic mass is 10.0. The van der Waals surface area contributed by atoms with Crippen LogP contribution in [0.1, 0.15) is 33.6 Å². The summed E-state index contributed by atoms with van der Waals surface area (Å²) in [5.74, 6) is -0.0834. The van der Waals surface area contributed by atoms with Crippen molar-refractivity contribution in [3.63, 3.8) is 0 Å². The third kappa shape index (κ3) is 4.63. The molecule has 0 heterocycles. The van der Waals surface area contributed by atoms with Crippen molar-refractivity contribution in [1.29, 1.82) is 0 Å². The first-order valence-electron chi connectivity index (χ1n) is 7.90. The van der Waals surface area contributed by atoms with Crippen molar-refractivity contribution < 1.29 is 13.2 Å². The molecule has 1 aliphatic carbocycles. The Morgan fingerprint density at radius 1 is 1.17 bits per heavy atom. The van der Waals surface area contributed by atoms with E-state index >= 15 is 0 Å². The summed E-state index contributed by atoms with van der Waals surface area (Å²) in [6.07, 6.45) is 2.18. The van der Waals surface area contributed by atoms with E-state index in [0.717, 1.165) is 12.8 Å². The molecule has 8 heteroatoms. The first-order chi connectivity index (χ1) is 11.1. The molecule has 1 fully saturated rings. The van der Waals surface area contributed by atoms with Crippen LogP contribution in [0.25, 0.3) is 0 Å². The number of hydrogen-bond donors (Lipinski definition) is 2. The predicted molar refractivity (Wildman–Crippen MR) is 95.7 cm³/mol. The number of carbonyl (C=O) groups excluding carboxylic acids is 1. The van der Waals surface area contributed by atoms with Gasteiger partial charge in [0.25, 0.3) is 0 Å². The lowest BCUT2D eigenvalue weighted by Gasteiger charge is -2.24. The Morgan fingerprint density at radius 3 is 2.17 bits per heavy atom. The van der Waals surface area contributed by atoms with Gasteiger partial charge in [-0.05, 0) is 43.7 Å². The maximum absolute atomic E-state index is 12.7. The van der Waals surface area contributed by atoms with Crippen LogP contribution >= 0.6 is 23.2 Å². The van der Waals surface area contributed by atoms with Crippen molar-refractivity contribution in [2.45, 2.75) is 50.6 Å². The van der Waals surface area contributed by atoms with E-state index in [9.17, 15) is 13.2 Å². The molecule has 1 amide bonds. The van der Waals surface area contributed by atoms with Crippen LogP contribution in [0.15, 0.2) is 23.1 Å². The van der Waals surface area contributed by atoms with Crippen LogP contribution in [0.3, 0.4) is 0 Å². The number of amides is 1. The lowest BCUT2D eigenvalue weighted by Crippen LogP contribution is -2.51. The number of benzene rings is 1. The van der Waals surface area contributed by atoms with Crippen molar-refractivity contribution in [2.75, 3.05) is 0 Å². The summed E-state index contributed by atoms with van der Waals surface area (Å²) in [6, 6.07) is 3.59. The Morgan fingerprint density at radius 2 is 1.71 bits per heavy atom. The van der Waals surface area contributed by atoms with Crippen LogP contribution in [0, 0.1) is 11.8 Å². The molecular formula is C16H22Cl2N2O3S. The van der Waals surface area contributed by atoms with Crippen LogP contribution in [0.2, 0.25) is 10.0 Å². The van der Waals surface area contributed by atoms with Crippen LogP contribution < -0.4 is 10.0 Å². The number of halogens is 2. The summed E-state index contributed by atoms with van der Waals surface area (Å²) in [5, 5.41) is 2.93. The molecule has 1 aromatic carbocycles. The molecule has 2 atom stereocenters. The van der Waals surface area contributed by atoms with Gasteiger partial charge in [-0.1, -0.05) is 43.1 Å². The fourth-order valence-corrected chi connectivity index (χ4v) is 4.97. The molecule has 0 aliphatic heterocycles. The third-order valence-electron chi connectivity index (χ3n) is 4.12. The molecule has 2 unspecified atom stereocenters. The topological polar surface area (TPSA) is 75.3 Å². The zero-order chi connectivity index (χ0) is 18.1. The van der Waals surface area contributed by atoms with E-state index in [1.165, 1.54) is 12.1 Å². The van der Waals surface area contributed by atoms with Crippen LogP contribution in [-0.2, 0) is 14.8 Å². The van der Waals surface area contributed by atoms with Gasteiger partial charge in [-0.25, -0.2) is 8.42 Å². The largest absolute Gasteiger partial charge is 0.352 e. The minimum atomic E-state index is -4.03. The molecule has 1 aromatic rings. The second-order valence-electron chi connectivity index (χ2n) is 6.53. The molecule has 1 saturated carbocycles. The molecular weight excluding hydrogens is 371 g/mol. The molecule has 1 aliphatic rings. The lowest BCUT2D eigenvalue weighted by molar-refractivity contribution is -0.124. The molecule has 0 spiro atoms. The molecule has 5 nitrogen and oxygen atoms in total. The van der Waals surface area contributed by atoms with Crippen molar-refractivity contribution in [1.82, 2.24) is 10.0 Å². The fourth-order valence-electron chi connectivity index (χ4n) is 2.49. The van der Waals surface area contributed by atoms with Gasteiger partial charge in [-0.15, -0.1) is 0 Å². The van der Waals surface area contributed by atoms with E-state index < -0.39 is 16.1 Å². The fraction of sp³-hybridized carbons (Fsp3) is 0.562. The molecule has 2 rings (SSSR count). The first kappa shape index (κ1) is 19.5. The zero-order valence-electron chi connectivity index (χ0n) is 13.8. The Labute approximate surface area is 153 Å². The Bertz CT molecular complexity index is 698. The molecule has 134 valence electrons. The maximum atomic E-state index is 12.7. The van der Waals surface area contributed by atoms with Gasteiger partial charge < -0.3 is 5.32 Å². The van der Waals surface area contributed by atoms with Crippen LogP contribution in [0.5, 0.6) is 0 Å². The normalized spacial score (nSPS) is 17.6. The summed E-state index contributed by atoms with van der Waals surface area (Å²) < 4.78 is 27.8. The van der Waals surface area contributed by atoms with E-state index in [0.29, 0.717) is 5.92 Å². The molecule has 0 aromatic heterocycles. The molecule has 0 radical (unpaired) electrons. The molecule has 0 bridgehead atoms. The Hall–Kier alpha value is -0.820. The van der Waals surface area contributed by atoms with Gasteiger partial charge in [-0.2, -0.15) is 4.72 Å². The van der Waals surface area contributed by atoms with E-state index in [2.05, 4.69) is 10.0 Å².